The average Bonchev–Trinajstić information content (AvgIpc) is 2.30. The van der Waals surface area contributed by atoms with Crippen LogP contribution >= 0.6 is 15.9 Å². The molecule has 1 rings (SSSR count). The molecule has 0 aliphatic heterocycles. The van der Waals surface area contributed by atoms with E-state index in [0.29, 0.717) is 19.8 Å². The number of hydrogen-bond acceptors (Lipinski definition) is 3. The van der Waals surface area contributed by atoms with Crippen LogP contribution in [0, 0.1) is 0 Å². The van der Waals surface area contributed by atoms with Gasteiger partial charge in [0.1, 0.15) is 0 Å². The number of halogens is 1. The second-order valence-corrected chi connectivity index (χ2v) is 4.07. The van der Waals surface area contributed by atoms with Gasteiger partial charge < -0.3 is 14.8 Å². The van der Waals surface area contributed by atoms with Crippen LogP contribution in [0.2, 0.25) is 0 Å². The van der Waals surface area contributed by atoms with Crippen molar-refractivity contribution in [2.45, 2.75) is 6.92 Å². The summed E-state index contributed by atoms with van der Waals surface area (Å²) in [6.07, 6.45) is 0. The van der Waals surface area contributed by atoms with Crippen molar-refractivity contribution in [3.8, 4) is 0 Å². The van der Waals surface area contributed by atoms with Gasteiger partial charge in [-0.2, -0.15) is 0 Å². The molecule has 16 heavy (non-hydrogen) atoms. The SMILES string of the molecule is CCOCCOCCNc1ccccc1Br. The Bertz CT molecular complexity index is 294. The quantitative estimate of drug-likeness (QED) is 0.746. The minimum atomic E-state index is 0.658. The van der Waals surface area contributed by atoms with Gasteiger partial charge in [-0.15, -0.1) is 0 Å². The third-order valence-electron chi connectivity index (χ3n) is 2.01. The molecule has 1 aromatic carbocycles. The Labute approximate surface area is 105 Å². The van der Waals surface area contributed by atoms with Crippen molar-refractivity contribution in [3.05, 3.63) is 28.7 Å². The van der Waals surface area contributed by atoms with E-state index in [0.717, 1.165) is 23.3 Å². The van der Waals surface area contributed by atoms with Gasteiger partial charge in [-0.05, 0) is 35.0 Å². The highest BCUT2D eigenvalue weighted by atomic mass is 79.9. The molecule has 0 atom stereocenters. The minimum Gasteiger partial charge on any atom is -0.382 e. The molecule has 0 spiro atoms. The normalized spacial score (nSPS) is 10.4. The lowest BCUT2D eigenvalue weighted by Gasteiger charge is -2.08. The van der Waals surface area contributed by atoms with Crippen molar-refractivity contribution in [1.82, 2.24) is 0 Å². The standard InChI is InChI=1S/C12H18BrNO2/c1-2-15-9-10-16-8-7-14-12-6-4-3-5-11(12)13/h3-6,14H,2,7-10H2,1H3. The lowest BCUT2D eigenvalue weighted by Crippen LogP contribution is -2.12. The van der Waals surface area contributed by atoms with E-state index in [2.05, 4.69) is 21.2 Å². The summed E-state index contributed by atoms with van der Waals surface area (Å²) in [7, 11) is 0. The van der Waals surface area contributed by atoms with E-state index < -0.39 is 0 Å². The summed E-state index contributed by atoms with van der Waals surface area (Å²) in [6.45, 7) is 5.55. The highest BCUT2D eigenvalue weighted by Gasteiger charge is 1.96. The molecule has 0 saturated carbocycles. The predicted molar refractivity (Wildman–Crippen MR) is 69.9 cm³/mol. The number of anilines is 1. The molecule has 1 aromatic rings. The largest absolute Gasteiger partial charge is 0.382 e. The van der Waals surface area contributed by atoms with Gasteiger partial charge in [0.2, 0.25) is 0 Å². The Morgan fingerprint density at radius 3 is 2.62 bits per heavy atom. The Balaban J connectivity index is 2.05. The van der Waals surface area contributed by atoms with Crippen LogP contribution < -0.4 is 5.32 Å². The zero-order valence-electron chi connectivity index (χ0n) is 9.54. The van der Waals surface area contributed by atoms with Crippen molar-refractivity contribution in [1.29, 1.82) is 0 Å². The maximum Gasteiger partial charge on any atom is 0.0701 e. The first-order valence-electron chi connectivity index (χ1n) is 5.48. The van der Waals surface area contributed by atoms with Gasteiger partial charge in [-0.3, -0.25) is 0 Å². The van der Waals surface area contributed by atoms with E-state index in [-0.39, 0.29) is 0 Å². The smallest absolute Gasteiger partial charge is 0.0701 e. The second kappa shape index (κ2) is 8.56. The molecule has 0 aliphatic carbocycles. The van der Waals surface area contributed by atoms with E-state index in [1.165, 1.54) is 0 Å². The third-order valence-corrected chi connectivity index (χ3v) is 2.70. The lowest BCUT2D eigenvalue weighted by molar-refractivity contribution is 0.0570. The number of rotatable bonds is 8. The third kappa shape index (κ3) is 5.49. The van der Waals surface area contributed by atoms with Crippen molar-refractivity contribution >= 4 is 21.6 Å². The maximum absolute atomic E-state index is 5.39. The monoisotopic (exact) mass is 287 g/mol. The summed E-state index contributed by atoms with van der Waals surface area (Å²) in [5.74, 6) is 0. The molecule has 0 amide bonds. The molecule has 3 nitrogen and oxygen atoms in total. The Morgan fingerprint density at radius 2 is 1.88 bits per heavy atom. The Hall–Kier alpha value is -0.580. The summed E-state index contributed by atoms with van der Waals surface area (Å²) in [5, 5.41) is 3.29. The summed E-state index contributed by atoms with van der Waals surface area (Å²) < 4.78 is 11.6. The first kappa shape index (κ1) is 13.5. The topological polar surface area (TPSA) is 30.5 Å². The summed E-state index contributed by atoms with van der Waals surface area (Å²) in [4.78, 5) is 0. The van der Waals surface area contributed by atoms with Gasteiger partial charge in [0.25, 0.3) is 0 Å². The van der Waals surface area contributed by atoms with Crippen molar-refractivity contribution < 1.29 is 9.47 Å². The van der Waals surface area contributed by atoms with E-state index in [9.17, 15) is 0 Å². The summed E-state index contributed by atoms with van der Waals surface area (Å²) in [6, 6.07) is 8.04. The molecule has 0 bridgehead atoms. The van der Waals surface area contributed by atoms with E-state index in [1.54, 1.807) is 0 Å². The maximum atomic E-state index is 5.39. The molecular weight excluding hydrogens is 270 g/mol. The van der Waals surface area contributed by atoms with Gasteiger partial charge in [0.05, 0.1) is 19.8 Å². The van der Waals surface area contributed by atoms with Crippen molar-refractivity contribution in [3.63, 3.8) is 0 Å². The number of para-hydroxylation sites is 1. The minimum absolute atomic E-state index is 0.658. The molecule has 4 heteroatoms. The van der Waals surface area contributed by atoms with Crippen LogP contribution in [0.15, 0.2) is 28.7 Å². The molecule has 0 aliphatic rings. The molecule has 0 heterocycles. The van der Waals surface area contributed by atoms with Crippen LogP contribution in [-0.2, 0) is 9.47 Å². The highest BCUT2D eigenvalue weighted by Crippen LogP contribution is 2.20. The van der Waals surface area contributed by atoms with Gasteiger partial charge in [-0.1, -0.05) is 12.1 Å². The molecule has 1 N–H and O–H groups in total. The van der Waals surface area contributed by atoms with E-state index >= 15 is 0 Å². The molecule has 0 fully saturated rings. The fourth-order valence-electron chi connectivity index (χ4n) is 1.23. The van der Waals surface area contributed by atoms with Crippen LogP contribution in [0.25, 0.3) is 0 Å². The second-order valence-electron chi connectivity index (χ2n) is 3.22. The highest BCUT2D eigenvalue weighted by molar-refractivity contribution is 9.10. The van der Waals surface area contributed by atoms with Crippen LogP contribution in [0.3, 0.4) is 0 Å². The van der Waals surface area contributed by atoms with E-state index in [4.69, 9.17) is 9.47 Å². The number of ether oxygens (including phenoxy) is 2. The molecule has 90 valence electrons. The van der Waals surface area contributed by atoms with Crippen LogP contribution in [-0.4, -0.2) is 33.0 Å². The molecule has 0 saturated heterocycles. The molecule has 0 radical (unpaired) electrons. The summed E-state index contributed by atoms with van der Waals surface area (Å²) >= 11 is 3.48. The van der Waals surface area contributed by atoms with Crippen molar-refractivity contribution in [2.24, 2.45) is 0 Å². The zero-order valence-corrected chi connectivity index (χ0v) is 11.1. The van der Waals surface area contributed by atoms with Gasteiger partial charge in [0, 0.05) is 23.3 Å². The first-order valence-corrected chi connectivity index (χ1v) is 6.27. The first-order chi connectivity index (χ1) is 7.84. The summed E-state index contributed by atoms with van der Waals surface area (Å²) in [5.41, 5.74) is 1.09. The number of hydrogen-bond donors (Lipinski definition) is 1. The van der Waals surface area contributed by atoms with Crippen molar-refractivity contribution in [2.75, 3.05) is 38.3 Å². The zero-order chi connectivity index (χ0) is 11.6. The number of benzene rings is 1. The van der Waals surface area contributed by atoms with Gasteiger partial charge in [0.15, 0.2) is 0 Å². The van der Waals surface area contributed by atoms with E-state index in [1.807, 2.05) is 31.2 Å². The number of nitrogens with one attached hydrogen (secondary N) is 1. The molecule has 0 unspecified atom stereocenters. The molecule has 0 aromatic heterocycles. The molecular formula is C12H18BrNO2. The average molecular weight is 288 g/mol. The van der Waals surface area contributed by atoms with Crippen LogP contribution in [0.5, 0.6) is 0 Å². The van der Waals surface area contributed by atoms with Crippen LogP contribution in [0.1, 0.15) is 6.92 Å². The van der Waals surface area contributed by atoms with Gasteiger partial charge in [-0.25, -0.2) is 0 Å². The van der Waals surface area contributed by atoms with Crippen LogP contribution in [0.4, 0.5) is 5.69 Å². The fourth-order valence-corrected chi connectivity index (χ4v) is 1.65. The Kier molecular flexibility index (Phi) is 7.21. The van der Waals surface area contributed by atoms with Gasteiger partial charge >= 0.3 is 0 Å². The fraction of sp³-hybridized carbons (Fsp3) is 0.500. The predicted octanol–water partition coefficient (Wildman–Crippen LogP) is 2.91. The Morgan fingerprint density at radius 1 is 1.12 bits per heavy atom. The lowest BCUT2D eigenvalue weighted by atomic mass is 10.3.